The number of hydrogen-bond donors (Lipinski definition) is 1. The fraction of sp³-hybridized carbons (Fsp3) is 0.389. The monoisotopic (exact) mass is 283 g/mol. The lowest BCUT2D eigenvalue weighted by molar-refractivity contribution is 0.281. The Labute approximate surface area is 125 Å². The minimum absolute atomic E-state index is 0.00999. The van der Waals surface area contributed by atoms with Gasteiger partial charge in [0.2, 0.25) is 5.88 Å². The third-order valence-electron chi connectivity index (χ3n) is 4.00. The molecule has 0 spiro atoms. The van der Waals surface area contributed by atoms with Crippen molar-refractivity contribution in [1.82, 2.24) is 4.98 Å². The summed E-state index contributed by atoms with van der Waals surface area (Å²) < 4.78 is 5.91. The number of hydrogen-bond acceptors (Lipinski definition) is 3. The maximum absolute atomic E-state index is 9.32. The Kier molecular flexibility index (Phi) is 4.20. The lowest BCUT2D eigenvalue weighted by Gasteiger charge is -2.16. The van der Waals surface area contributed by atoms with Gasteiger partial charge in [0.25, 0.3) is 0 Å². The number of rotatable bonds is 4. The summed E-state index contributed by atoms with van der Waals surface area (Å²) in [7, 11) is 0. The van der Waals surface area contributed by atoms with Crippen molar-refractivity contribution < 1.29 is 9.84 Å². The fourth-order valence-electron chi connectivity index (χ4n) is 2.84. The number of nitrogens with zero attached hydrogens (tertiary/aromatic N) is 1. The average Bonchev–Trinajstić information content (AvgIpc) is 2.54. The fourth-order valence-corrected chi connectivity index (χ4v) is 2.84. The van der Waals surface area contributed by atoms with Crippen molar-refractivity contribution in [3.63, 3.8) is 0 Å². The number of aliphatic hydroxyl groups is 1. The second-order valence-corrected chi connectivity index (χ2v) is 5.56. The van der Waals surface area contributed by atoms with Gasteiger partial charge in [-0.2, -0.15) is 0 Å². The number of aliphatic hydroxyl groups excluding tert-OH is 1. The standard InChI is InChI=1S/C18H21NO2/c1-2-16-9-13(12-20)10-18(19-16)21-17-8-7-14-5-3-4-6-15(14)11-17/h7-11,20H,2-6,12H2,1H3. The second-order valence-electron chi connectivity index (χ2n) is 5.56. The van der Waals surface area contributed by atoms with Crippen molar-refractivity contribution in [1.29, 1.82) is 0 Å². The van der Waals surface area contributed by atoms with E-state index in [1.54, 1.807) is 6.07 Å². The first-order valence-corrected chi connectivity index (χ1v) is 7.69. The second kappa shape index (κ2) is 6.27. The van der Waals surface area contributed by atoms with E-state index in [-0.39, 0.29) is 6.61 Å². The Bertz CT molecular complexity index is 615. The smallest absolute Gasteiger partial charge is 0.219 e. The largest absolute Gasteiger partial charge is 0.439 e. The van der Waals surface area contributed by atoms with Gasteiger partial charge in [0, 0.05) is 11.8 Å². The van der Waals surface area contributed by atoms with Gasteiger partial charge < -0.3 is 9.84 Å². The highest BCUT2D eigenvalue weighted by Gasteiger charge is 2.11. The molecule has 1 N–H and O–H groups in total. The minimum Gasteiger partial charge on any atom is -0.439 e. The number of benzene rings is 1. The highest BCUT2D eigenvalue weighted by Crippen LogP contribution is 2.28. The molecule has 1 aliphatic carbocycles. The van der Waals surface area contributed by atoms with E-state index in [9.17, 15) is 5.11 Å². The molecule has 0 aliphatic heterocycles. The predicted octanol–water partition coefficient (Wildman–Crippen LogP) is 3.81. The van der Waals surface area contributed by atoms with Gasteiger partial charge in [-0.25, -0.2) is 4.98 Å². The van der Waals surface area contributed by atoms with Gasteiger partial charge in [0.15, 0.2) is 0 Å². The maximum atomic E-state index is 9.32. The van der Waals surface area contributed by atoms with Crippen LogP contribution in [-0.2, 0) is 25.9 Å². The van der Waals surface area contributed by atoms with Crippen LogP contribution < -0.4 is 4.74 Å². The molecule has 0 atom stereocenters. The van der Waals surface area contributed by atoms with E-state index in [1.165, 1.54) is 30.4 Å². The normalized spacial score (nSPS) is 13.8. The highest BCUT2D eigenvalue weighted by atomic mass is 16.5. The van der Waals surface area contributed by atoms with E-state index < -0.39 is 0 Å². The van der Waals surface area contributed by atoms with Crippen LogP contribution >= 0.6 is 0 Å². The van der Waals surface area contributed by atoms with E-state index in [2.05, 4.69) is 17.1 Å². The molecular formula is C18H21NO2. The van der Waals surface area contributed by atoms with Crippen molar-refractivity contribution in [2.24, 2.45) is 0 Å². The number of fused-ring (bicyclic) bond motifs is 1. The van der Waals surface area contributed by atoms with Gasteiger partial charge in [-0.15, -0.1) is 0 Å². The molecule has 0 saturated carbocycles. The summed E-state index contributed by atoms with van der Waals surface area (Å²) in [6.07, 6.45) is 5.68. The van der Waals surface area contributed by atoms with Crippen molar-refractivity contribution in [3.8, 4) is 11.6 Å². The zero-order valence-electron chi connectivity index (χ0n) is 12.4. The van der Waals surface area contributed by atoms with Crippen LogP contribution in [0.2, 0.25) is 0 Å². The van der Waals surface area contributed by atoms with E-state index >= 15 is 0 Å². The van der Waals surface area contributed by atoms with E-state index in [0.29, 0.717) is 5.88 Å². The molecule has 21 heavy (non-hydrogen) atoms. The van der Waals surface area contributed by atoms with Crippen LogP contribution in [0.4, 0.5) is 0 Å². The quantitative estimate of drug-likeness (QED) is 0.928. The molecule has 110 valence electrons. The molecule has 0 saturated heterocycles. The summed E-state index contributed by atoms with van der Waals surface area (Å²) in [6.45, 7) is 2.06. The lowest BCUT2D eigenvalue weighted by atomic mass is 9.92. The third kappa shape index (κ3) is 3.24. The number of aromatic nitrogens is 1. The van der Waals surface area contributed by atoms with Crippen molar-refractivity contribution in [2.75, 3.05) is 0 Å². The third-order valence-corrected chi connectivity index (χ3v) is 4.00. The SMILES string of the molecule is CCc1cc(CO)cc(Oc2ccc3c(c2)CCCC3)n1. The predicted molar refractivity (Wildman–Crippen MR) is 82.7 cm³/mol. The molecule has 3 heteroatoms. The Morgan fingerprint density at radius 3 is 2.67 bits per heavy atom. The molecule has 1 aromatic carbocycles. The van der Waals surface area contributed by atoms with Crippen LogP contribution in [0.1, 0.15) is 42.1 Å². The molecule has 1 heterocycles. The molecule has 3 nitrogen and oxygen atoms in total. The first kappa shape index (κ1) is 14.1. The Hall–Kier alpha value is -1.87. The van der Waals surface area contributed by atoms with E-state index in [4.69, 9.17) is 4.74 Å². The summed E-state index contributed by atoms with van der Waals surface area (Å²) in [5.74, 6) is 1.40. The van der Waals surface area contributed by atoms with Crippen molar-refractivity contribution in [3.05, 3.63) is 52.7 Å². The molecule has 0 fully saturated rings. The van der Waals surface area contributed by atoms with Crippen LogP contribution in [0.5, 0.6) is 11.6 Å². The Morgan fingerprint density at radius 1 is 1.10 bits per heavy atom. The van der Waals surface area contributed by atoms with Crippen molar-refractivity contribution in [2.45, 2.75) is 45.6 Å². The van der Waals surface area contributed by atoms with E-state index in [1.807, 2.05) is 19.1 Å². The molecule has 1 aromatic heterocycles. The average molecular weight is 283 g/mol. The van der Waals surface area contributed by atoms with Gasteiger partial charge in [-0.3, -0.25) is 0 Å². The van der Waals surface area contributed by atoms with Gasteiger partial charge in [-0.05, 0) is 67.0 Å². The van der Waals surface area contributed by atoms with Gasteiger partial charge in [0.1, 0.15) is 5.75 Å². The first-order chi connectivity index (χ1) is 10.3. The maximum Gasteiger partial charge on any atom is 0.219 e. The summed E-state index contributed by atoms with van der Waals surface area (Å²) in [4.78, 5) is 4.47. The summed E-state index contributed by atoms with van der Waals surface area (Å²) in [5, 5.41) is 9.32. The minimum atomic E-state index is 0.00999. The molecule has 0 radical (unpaired) electrons. The molecule has 0 amide bonds. The Balaban J connectivity index is 1.86. The number of ether oxygens (including phenoxy) is 1. The molecule has 0 unspecified atom stereocenters. The zero-order chi connectivity index (χ0) is 14.7. The number of aryl methyl sites for hydroxylation is 3. The van der Waals surface area contributed by atoms with Gasteiger partial charge >= 0.3 is 0 Å². The van der Waals surface area contributed by atoms with Gasteiger partial charge in [0.05, 0.1) is 6.61 Å². The molecule has 1 aliphatic rings. The molecule has 3 rings (SSSR count). The van der Waals surface area contributed by atoms with Crippen LogP contribution in [0.3, 0.4) is 0 Å². The summed E-state index contributed by atoms with van der Waals surface area (Å²) >= 11 is 0. The van der Waals surface area contributed by atoms with Crippen LogP contribution in [0.25, 0.3) is 0 Å². The summed E-state index contributed by atoms with van der Waals surface area (Å²) in [5.41, 5.74) is 4.62. The van der Waals surface area contributed by atoms with Crippen LogP contribution in [0.15, 0.2) is 30.3 Å². The first-order valence-electron chi connectivity index (χ1n) is 7.69. The zero-order valence-corrected chi connectivity index (χ0v) is 12.4. The van der Waals surface area contributed by atoms with Gasteiger partial charge in [-0.1, -0.05) is 13.0 Å². The van der Waals surface area contributed by atoms with Crippen molar-refractivity contribution >= 4 is 0 Å². The Morgan fingerprint density at radius 2 is 1.90 bits per heavy atom. The highest BCUT2D eigenvalue weighted by molar-refractivity contribution is 5.39. The number of pyridine rings is 1. The molecular weight excluding hydrogens is 262 g/mol. The lowest BCUT2D eigenvalue weighted by Crippen LogP contribution is -2.02. The van der Waals surface area contributed by atoms with Crippen LogP contribution in [0, 0.1) is 0 Å². The summed E-state index contributed by atoms with van der Waals surface area (Å²) in [6, 6.07) is 10.0. The van der Waals surface area contributed by atoms with Crippen LogP contribution in [-0.4, -0.2) is 10.1 Å². The topological polar surface area (TPSA) is 42.4 Å². The molecule has 0 bridgehead atoms. The van der Waals surface area contributed by atoms with E-state index in [0.717, 1.165) is 29.8 Å². The molecule has 2 aromatic rings.